The molecule has 0 heterocycles. The zero-order chi connectivity index (χ0) is 13.7. The van der Waals surface area contributed by atoms with Crippen LogP contribution in [-0.4, -0.2) is 13.0 Å². The monoisotopic (exact) mass is 274 g/mol. The molecule has 0 unspecified atom stereocenters. The highest BCUT2D eigenvalue weighted by Crippen LogP contribution is 2.14. The summed E-state index contributed by atoms with van der Waals surface area (Å²) < 4.78 is 0. The highest BCUT2D eigenvalue weighted by Gasteiger charge is 2.03. The van der Waals surface area contributed by atoms with Crippen molar-refractivity contribution >= 4 is 23.2 Å². The van der Waals surface area contributed by atoms with E-state index in [4.69, 9.17) is 11.6 Å². The van der Waals surface area contributed by atoms with Crippen molar-refractivity contribution in [2.24, 2.45) is 0 Å². The van der Waals surface area contributed by atoms with E-state index in [-0.39, 0.29) is 5.91 Å². The average Bonchev–Trinajstić information content (AvgIpc) is 2.45. The van der Waals surface area contributed by atoms with E-state index in [9.17, 15) is 4.79 Å². The molecule has 2 aromatic carbocycles. The molecule has 0 aromatic heterocycles. The normalized spacial score (nSPS) is 10.0. The molecule has 2 rings (SSSR count). The van der Waals surface area contributed by atoms with E-state index < -0.39 is 0 Å². The lowest BCUT2D eigenvalue weighted by atomic mass is 10.1. The van der Waals surface area contributed by atoms with E-state index in [0.717, 1.165) is 16.3 Å². The molecule has 0 aliphatic rings. The molecule has 2 N–H and O–H groups in total. The number of rotatable bonds is 4. The van der Waals surface area contributed by atoms with Crippen molar-refractivity contribution in [1.29, 1.82) is 0 Å². The van der Waals surface area contributed by atoms with Gasteiger partial charge in [0, 0.05) is 29.9 Å². The van der Waals surface area contributed by atoms with Crippen LogP contribution in [0.4, 0.5) is 5.69 Å². The molecule has 98 valence electrons. The minimum atomic E-state index is -0.0913. The van der Waals surface area contributed by atoms with Crippen LogP contribution in [0, 0.1) is 0 Å². The molecule has 4 heteroatoms. The number of hydrogen-bond donors (Lipinski definition) is 2. The molecule has 0 bridgehead atoms. The number of benzene rings is 2. The predicted molar refractivity (Wildman–Crippen MR) is 78.6 cm³/mol. The van der Waals surface area contributed by atoms with Crippen LogP contribution in [0.5, 0.6) is 0 Å². The van der Waals surface area contributed by atoms with Gasteiger partial charge in [-0.2, -0.15) is 0 Å². The van der Waals surface area contributed by atoms with Crippen molar-refractivity contribution in [2.75, 3.05) is 12.4 Å². The molecule has 3 nitrogen and oxygen atoms in total. The minimum absolute atomic E-state index is 0.0913. The van der Waals surface area contributed by atoms with Crippen molar-refractivity contribution in [3.63, 3.8) is 0 Å². The molecular weight excluding hydrogens is 260 g/mol. The summed E-state index contributed by atoms with van der Waals surface area (Å²) in [5, 5.41) is 6.60. The Morgan fingerprint density at radius 1 is 1.16 bits per heavy atom. The fourth-order valence-corrected chi connectivity index (χ4v) is 1.98. The van der Waals surface area contributed by atoms with Crippen molar-refractivity contribution in [1.82, 2.24) is 5.32 Å². The quantitative estimate of drug-likeness (QED) is 0.898. The zero-order valence-corrected chi connectivity index (χ0v) is 11.4. The van der Waals surface area contributed by atoms with E-state index in [1.54, 1.807) is 13.1 Å². The molecule has 0 aliphatic heterocycles. The Bertz CT molecular complexity index is 584. The summed E-state index contributed by atoms with van der Waals surface area (Å²) in [7, 11) is 1.62. The van der Waals surface area contributed by atoms with E-state index in [2.05, 4.69) is 10.6 Å². The second kappa shape index (κ2) is 6.25. The van der Waals surface area contributed by atoms with E-state index in [0.29, 0.717) is 12.1 Å². The van der Waals surface area contributed by atoms with Gasteiger partial charge in [0.1, 0.15) is 0 Å². The van der Waals surface area contributed by atoms with Crippen LogP contribution < -0.4 is 10.6 Å². The van der Waals surface area contributed by atoms with Gasteiger partial charge in [-0.1, -0.05) is 29.8 Å². The number of carbonyl (C=O) groups excluding carboxylic acids is 1. The van der Waals surface area contributed by atoms with Gasteiger partial charge in [-0.3, -0.25) is 4.79 Å². The maximum Gasteiger partial charge on any atom is 0.251 e. The summed E-state index contributed by atoms with van der Waals surface area (Å²) in [4.78, 5) is 11.5. The van der Waals surface area contributed by atoms with Crippen molar-refractivity contribution < 1.29 is 4.79 Å². The Morgan fingerprint density at radius 2 is 1.95 bits per heavy atom. The van der Waals surface area contributed by atoms with Crippen LogP contribution in [0.3, 0.4) is 0 Å². The Balaban J connectivity index is 2.05. The first-order valence-electron chi connectivity index (χ1n) is 5.99. The summed E-state index contributed by atoms with van der Waals surface area (Å²) in [6.07, 6.45) is 0. The molecule has 0 spiro atoms. The zero-order valence-electron chi connectivity index (χ0n) is 10.6. The Kier molecular flexibility index (Phi) is 4.42. The first-order valence-corrected chi connectivity index (χ1v) is 6.37. The van der Waals surface area contributed by atoms with Gasteiger partial charge >= 0.3 is 0 Å². The van der Waals surface area contributed by atoms with E-state index >= 15 is 0 Å². The SMILES string of the molecule is CNC(=O)c1cccc(NCc2cccc(Cl)c2)c1. The predicted octanol–water partition coefficient (Wildman–Crippen LogP) is 3.31. The van der Waals surface area contributed by atoms with Crippen molar-refractivity contribution in [3.05, 3.63) is 64.7 Å². The molecule has 0 radical (unpaired) electrons. The highest BCUT2D eigenvalue weighted by atomic mass is 35.5. The molecule has 0 saturated heterocycles. The number of amides is 1. The van der Waals surface area contributed by atoms with Crippen LogP contribution in [0.25, 0.3) is 0 Å². The lowest BCUT2D eigenvalue weighted by Gasteiger charge is -2.08. The maximum atomic E-state index is 11.5. The van der Waals surface area contributed by atoms with Crippen LogP contribution in [0.2, 0.25) is 5.02 Å². The van der Waals surface area contributed by atoms with Crippen LogP contribution in [0.15, 0.2) is 48.5 Å². The molecule has 19 heavy (non-hydrogen) atoms. The number of halogens is 1. The average molecular weight is 275 g/mol. The number of hydrogen-bond acceptors (Lipinski definition) is 2. The number of carbonyl (C=O) groups is 1. The topological polar surface area (TPSA) is 41.1 Å². The Hall–Kier alpha value is -2.00. The highest BCUT2D eigenvalue weighted by molar-refractivity contribution is 6.30. The Labute approximate surface area is 117 Å². The lowest BCUT2D eigenvalue weighted by Crippen LogP contribution is -2.17. The van der Waals surface area contributed by atoms with Gasteiger partial charge in [-0.15, -0.1) is 0 Å². The smallest absolute Gasteiger partial charge is 0.251 e. The first kappa shape index (κ1) is 13.4. The fourth-order valence-electron chi connectivity index (χ4n) is 1.77. The summed E-state index contributed by atoms with van der Waals surface area (Å²) in [6.45, 7) is 0.664. The summed E-state index contributed by atoms with van der Waals surface area (Å²) >= 11 is 5.93. The second-order valence-corrected chi connectivity index (χ2v) is 4.58. The fraction of sp³-hybridized carbons (Fsp3) is 0.133. The lowest BCUT2D eigenvalue weighted by molar-refractivity contribution is 0.0963. The molecule has 0 saturated carbocycles. The van der Waals surface area contributed by atoms with Gasteiger partial charge in [0.05, 0.1) is 0 Å². The van der Waals surface area contributed by atoms with Gasteiger partial charge < -0.3 is 10.6 Å². The van der Waals surface area contributed by atoms with Gasteiger partial charge in [0.15, 0.2) is 0 Å². The maximum absolute atomic E-state index is 11.5. The molecule has 0 fully saturated rings. The minimum Gasteiger partial charge on any atom is -0.381 e. The molecule has 0 aliphatic carbocycles. The first-order chi connectivity index (χ1) is 9.19. The number of anilines is 1. The molecular formula is C15H15ClN2O. The van der Waals surface area contributed by atoms with Crippen LogP contribution in [-0.2, 0) is 6.54 Å². The molecule has 1 amide bonds. The summed E-state index contributed by atoms with van der Waals surface area (Å²) in [5.41, 5.74) is 2.64. The van der Waals surface area contributed by atoms with Crippen molar-refractivity contribution in [3.8, 4) is 0 Å². The largest absolute Gasteiger partial charge is 0.381 e. The second-order valence-electron chi connectivity index (χ2n) is 4.14. The van der Waals surface area contributed by atoms with Gasteiger partial charge in [-0.25, -0.2) is 0 Å². The summed E-state index contributed by atoms with van der Waals surface area (Å²) in [6, 6.07) is 15.1. The molecule has 2 aromatic rings. The van der Waals surface area contributed by atoms with Crippen LogP contribution >= 0.6 is 11.6 Å². The third-order valence-electron chi connectivity index (χ3n) is 2.74. The third kappa shape index (κ3) is 3.73. The van der Waals surface area contributed by atoms with Crippen LogP contribution in [0.1, 0.15) is 15.9 Å². The number of nitrogens with one attached hydrogen (secondary N) is 2. The third-order valence-corrected chi connectivity index (χ3v) is 2.97. The van der Waals surface area contributed by atoms with Crippen molar-refractivity contribution in [2.45, 2.75) is 6.54 Å². The summed E-state index contributed by atoms with van der Waals surface area (Å²) in [5.74, 6) is -0.0913. The van der Waals surface area contributed by atoms with E-state index in [1.165, 1.54) is 0 Å². The molecule has 0 atom stereocenters. The van der Waals surface area contributed by atoms with Gasteiger partial charge in [0.2, 0.25) is 0 Å². The van der Waals surface area contributed by atoms with Gasteiger partial charge in [0.25, 0.3) is 5.91 Å². The Morgan fingerprint density at radius 3 is 2.68 bits per heavy atom. The van der Waals surface area contributed by atoms with Gasteiger partial charge in [-0.05, 0) is 35.9 Å². The standard InChI is InChI=1S/C15H15ClN2O/c1-17-15(19)12-5-3-7-14(9-12)18-10-11-4-2-6-13(16)8-11/h2-9,18H,10H2,1H3,(H,17,19). The van der Waals surface area contributed by atoms with E-state index in [1.807, 2.05) is 42.5 Å².